The average molecular weight is 169 g/mol. The summed E-state index contributed by atoms with van der Waals surface area (Å²) in [4.78, 5) is 10.9. The fourth-order valence-corrected chi connectivity index (χ4v) is 2.38. The molecule has 12 heavy (non-hydrogen) atoms. The van der Waals surface area contributed by atoms with Crippen LogP contribution in [0.4, 0.5) is 0 Å². The highest BCUT2D eigenvalue weighted by Crippen LogP contribution is 2.43. The highest BCUT2D eigenvalue weighted by atomic mass is 16.1. The minimum atomic E-state index is 0.0509. The van der Waals surface area contributed by atoms with E-state index in [4.69, 9.17) is 0 Å². The molecule has 1 amide bonds. The second-order valence-corrected chi connectivity index (χ2v) is 5.08. The molecular weight excluding hydrogens is 150 g/mol. The third-order valence-corrected chi connectivity index (χ3v) is 2.70. The van der Waals surface area contributed by atoms with Crippen LogP contribution in [0.5, 0.6) is 0 Å². The van der Waals surface area contributed by atoms with E-state index in [1.165, 1.54) is 6.42 Å². The van der Waals surface area contributed by atoms with Gasteiger partial charge in [0.05, 0.1) is 0 Å². The van der Waals surface area contributed by atoms with Crippen LogP contribution in [0.2, 0.25) is 0 Å². The molecule has 0 spiro atoms. The lowest BCUT2D eigenvalue weighted by atomic mass is 9.88. The van der Waals surface area contributed by atoms with Crippen LogP contribution in [0.25, 0.3) is 0 Å². The Bertz CT molecular complexity index is 198. The van der Waals surface area contributed by atoms with Gasteiger partial charge in [0.1, 0.15) is 0 Å². The summed E-state index contributed by atoms with van der Waals surface area (Å²) in [5.74, 6) is 0.0928. The Morgan fingerprint density at radius 1 is 1.25 bits per heavy atom. The summed E-state index contributed by atoms with van der Waals surface area (Å²) >= 11 is 0. The summed E-state index contributed by atoms with van der Waals surface area (Å²) in [6.07, 6.45) is 3.42. The van der Waals surface area contributed by atoms with E-state index in [-0.39, 0.29) is 11.4 Å². The van der Waals surface area contributed by atoms with Gasteiger partial charge in [-0.3, -0.25) is 4.79 Å². The van der Waals surface area contributed by atoms with Gasteiger partial charge in [0.25, 0.3) is 0 Å². The highest BCUT2D eigenvalue weighted by Gasteiger charge is 2.39. The first-order valence-corrected chi connectivity index (χ1v) is 4.62. The highest BCUT2D eigenvalue weighted by molar-refractivity contribution is 5.73. The molecule has 0 heterocycles. The first-order chi connectivity index (χ1) is 5.33. The normalized spacial score (nSPS) is 33.3. The van der Waals surface area contributed by atoms with Gasteiger partial charge in [-0.05, 0) is 31.6 Å². The average Bonchev–Trinajstić information content (AvgIpc) is 2.03. The largest absolute Gasteiger partial charge is 0.351 e. The van der Waals surface area contributed by atoms with Crippen molar-refractivity contribution in [2.45, 2.75) is 52.5 Å². The molecule has 2 nitrogen and oxygen atoms in total. The van der Waals surface area contributed by atoms with Crippen molar-refractivity contribution in [1.29, 1.82) is 0 Å². The van der Waals surface area contributed by atoms with E-state index < -0.39 is 0 Å². The molecule has 0 aromatic heterocycles. The van der Waals surface area contributed by atoms with Gasteiger partial charge < -0.3 is 5.32 Å². The Morgan fingerprint density at radius 2 is 1.83 bits per heavy atom. The monoisotopic (exact) mass is 169 g/mol. The van der Waals surface area contributed by atoms with E-state index in [0.717, 1.165) is 12.8 Å². The van der Waals surface area contributed by atoms with Crippen molar-refractivity contribution in [2.24, 2.45) is 5.41 Å². The molecule has 1 unspecified atom stereocenters. The number of rotatable bonds is 1. The Hall–Kier alpha value is -0.530. The summed E-state index contributed by atoms with van der Waals surface area (Å²) < 4.78 is 0. The van der Waals surface area contributed by atoms with Crippen LogP contribution < -0.4 is 5.32 Å². The Labute approximate surface area is 74.7 Å². The molecule has 0 bridgehead atoms. The van der Waals surface area contributed by atoms with E-state index in [1.54, 1.807) is 6.92 Å². The van der Waals surface area contributed by atoms with Crippen molar-refractivity contribution in [3.05, 3.63) is 0 Å². The standard InChI is InChI=1S/C10H19NO/c1-8(12)11-10(4)6-5-9(2,3)7-10/h5-7H2,1-4H3,(H,11,12). The van der Waals surface area contributed by atoms with Crippen LogP contribution in [0, 0.1) is 5.41 Å². The molecule has 1 atom stereocenters. The molecule has 1 N–H and O–H groups in total. The lowest BCUT2D eigenvalue weighted by molar-refractivity contribution is -0.120. The molecule has 1 aliphatic rings. The van der Waals surface area contributed by atoms with Crippen LogP contribution in [0.1, 0.15) is 47.0 Å². The number of hydrogen-bond donors (Lipinski definition) is 1. The summed E-state index contributed by atoms with van der Waals surface area (Å²) in [6.45, 7) is 8.26. The fourth-order valence-electron chi connectivity index (χ4n) is 2.38. The number of nitrogens with one attached hydrogen (secondary N) is 1. The molecule has 0 aromatic carbocycles. The molecule has 2 heteroatoms. The maximum atomic E-state index is 10.9. The zero-order valence-electron chi connectivity index (χ0n) is 8.53. The van der Waals surface area contributed by atoms with Gasteiger partial charge in [-0.25, -0.2) is 0 Å². The second-order valence-electron chi connectivity index (χ2n) is 5.08. The van der Waals surface area contributed by atoms with Crippen molar-refractivity contribution < 1.29 is 4.79 Å². The number of amides is 1. The third-order valence-electron chi connectivity index (χ3n) is 2.70. The third kappa shape index (κ3) is 2.23. The predicted molar refractivity (Wildman–Crippen MR) is 49.9 cm³/mol. The van der Waals surface area contributed by atoms with Crippen LogP contribution in [0.3, 0.4) is 0 Å². The van der Waals surface area contributed by atoms with Crippen molar-refractivity contribution in [3.8, 4) is 0 Å². The minimum absolute atomic E-state index is 0.0509. The molecule has 0 aliphatic heterocycles. The number of carbonyl (C=O) groups is 1. The van der Waals surface area contributed by atoms with E-state index in [0.29, 0.717) is 5.41 Å². The lowest BCUT2D eigenvalue weighted by Crippen LogP contribution is -2.43. The first-order valence-electron chi connectivity index (χ1n) is 4.62. The van der Waals surface area contributed by atoms with E-state index in [2.05, 4.69) is 26.1 Å². The topological polar surface area (TPSA) is 29.1 Å². The summed E-state index contributed by atoms with van der Waals surface area (Å²) in [5, 5.41) is 3.03. The van der Waals surface area contributed by atoms with Crippen LogP contribution in [-0.2, 0) is 4.79 Å². The van der Waals surface area contributed by atoms with Gasteiger partial charge in [-0.15, -0.1) is 0 Å². The Kier molecular flexibility index (Phi) is 2.19. The zero-order valence-corrected chi connectivity index (χ0v) is 8.53. The molecule has 1 aliphatic carbocycles. The maximum Gasteiger partial charge on any atom is 0.217 e. The molecule has 0 saturated heterocycles. The minimum Gasteiger partial charge on any atom is -0.351 e. The lowest BCUT2D eigenvalue weighted by Gasteiger charge is -2.27. The molecule has 1 saturated carbocycles. The summed E-state index contributed by atoms with van der Waals surface area (Å²) in [5.41, 5.74) is 0.451. The quantitative estimate of drug-likeness (QED) is 0.640. The molecule has 1 rings (SSSR count). The van der Waals surface area contributed by atoms with Gasteiger partial charge in [0.2, 0.25) is 5.91 Å². The van der Waals surface area contributed by atoms with Gasteiger partial charge in [-0.2, -0.15) is 0 Å². The van der Waals surface area contributed by atoms with Crippen LogP contribution in [0.15, 0.2) is 0 Å². The van der Waals surface area contributed by atoms with Gasteiger partial charge in [0, 0.05) is 12.5 Å². The smallest absolute Gasteiger partial charge is 0.217 e. The predicted octanol–water partition coefficient (Wildman–Crippen LogP) is 2.09. The number of hydrogen-bond acceptors (Lipinski definition) is 1. The van der Waals surface area contributed by atoms with Gasteiger partial charge in [0.15, 0.2) is 0 Å². The molecule has 1 fully saturated rings. The Balaban J connectivity index is 2.58. The SMILES string of the molecule is CC(=O)NC1(C)CCC(C)(C)C1. The van der Waals surface area contributed by atoms with Crippen molar-refractivity contribution in [3.63, 3.8) is 0 Å². The van der Waals surface area contributed by atoms with E-state index in [1.807, 2.05) is 0 Å². The second kappa shape index (κ2) is 2.75. The van der Waals surface area contributed by atoms with Gasteiger partial charge in [-0.1, -0.05) is 13.8 Å². The first kappa shape index (κ1) is 9.56. The van der Waals surface area contributed by atoms with Crippen LogP contribution >= 0.6 is 0 Å². The fraction of sp³-hybridized carbons (Fsp3) is 0.900. The van der Waals surface area contributed by atoms with E-state index >= 15 is 0 Å². The summed E-state index contributed by atoms with van der Waals surface area (Å²) in [6, 6.07) is 0. The van der Waals surface area contributed by atoms with Crippen molar-refractivity contribution >= 4 is 5.91 Å². The summed E-state index contributed by atoms with van der Waals surface area (Å²) in [7, 11) is 0. The van der Waals surface area contributed by atoms with Crippen LogP contribution in [-0.4, -0.2) is 11.4 Å². The van der Waals surface area contributed by atoms with Gasteiger partial charge >= 0.3 is 0 Å². The molecule has 0 radical (unpaired) electrons. The molecular formula is C10H19NO. The zero-order chi connectivity index (χ0) is 9.41. The number of carbonyl (C=O) groups excluding carboxylic acids is 1. The molecule has 70 valence electrons. The molecule has 0 aromatic rings. The van der Waals surface area contributed by atoms with Crippen molar-refractivity contribution in [1.82, 2.24) is 5.32 Å². The van der Waals surface area contributed by atoms with E-state index in [9.17, 15) is 4.79 Å². The van der Waals surface area contributed by atoms with Crippen molar-refractivity contribution in [2.75, 3.05) is 0 Å². The maximum absolute atomic E-state index is 10.9. The Morgan fingerprint density at radius 3 is 2.17 bits per heavy atom.